The number of ketones is 1. The number of alkyl halides is 3. The number of carbonyl (C=O) groups excluding carboxylic acids is 1. The number of carbonyl (C=O) groups is 1. The van der Waals surface area contributed by atoms with Gasteiger partial charge in [0, 0.05) is 6.20 Å². The van der Waals surface area contributed by atoms with Gasteiger partial charge in [-0.25, -0.2) is 14.0 Å². The predicted octanol–water partition coefficient (Wildman–Crippen LogP) is 2.81. The van der Waals surface area contributed by atoms with E-state index in [9.17, 15) is 23.1 Å². The van der Waals surface area contributed by atoms with Gasteiger partial charge in [-0.1, -0.05) is 11.6 Å². The van der Waals surface area contributed by atoms with Crippen LogP contribution >= 0.6 is 45.5 Å². The molecule has 3 heterocycles. The summed E-state index contributed by atoms with van der Waals surface area (Å²) in [5.74, 6) is -3.19. The molecule has 3 aromatic heterocycles. The van der Waals surface area contributed by atoms with Crippen LogP contribution in [0.2, 0.25) is 4.47 Å². The molecule has 0 unspecified atom stereocenters. The van der Waals surface area contributed by atoms with E-state index in [2.05, 4.69) is 4.98 Å². The maximum Gasteiger partial charge on any atom is 0.458 e. The highest BCUT2D eigenvalue weighted by molar-refractivity contribution is 14.1. The number of pyridine rings is 1. The molecule has 0 bridgehead atoms. The molecule has 11 heteroatoms. The first-order chi connectivity index (χ1) is 11.2. The predicted molar refractivity (Wildman–Crippen MR) is 86.4 cm³/mol. The summed E-state index contributed by atoms with van der Waals surface area (Å²) >= 11 is 8.70. The largest absolute Gasteiger partial charge is 0.839 e. The Bertz CT molecular complexity index is 954. The number of hydrogen-bond donors (Lipinski definition) is 0. The Hall–Kier alpha value is -1.40. The Balaban J connectivity index is 2.29. The van der Waals surface area contributed by atoms with Gasteiger partial charge < -0.3 is 5.11 Å². The van der Waals surface area contributed by atoms with E-state index < -0.39 is 23.5 Å². The first-order valence-corrected chi connectivity index (χ1v) is 8.58. The van der Waals surface area contributed by atoms with E-state index in [4.69, 9.17) is 11.6 Å². The summed E-state index contributed by atoms with van der Waals surface area (Å²) < 4.78 is 41.6. The van der Waals surface area contributed by atoms with Crippen LogP contribution in [0.5, 0.6) is 5.88 Å². The maximum absolute atomic E-state index is 12.9. The molecule has 0 saturated heterocycles. The number of rotatable bonds is 3. The van der Waals surface area contributed by atoms with Crippen LogP contribution < -0.4 is 9.51 Å². The van der Waals surface area contributed by atoms with E-state index in [1.165, 1.54) is 18.5 Å². The molecular formula is C13H6ClF3IN3O2S. The first kappa shape index (κ1) is 17.4. The van der Waals surface area contributed by atoms with Gasteiger partial charge in [0.2, 0.25) is 5.69 Å². The van der Waals surface area contributed by atoms with E-state index >= 15 is 0 Å². The van der Waals surface area contributed by atoms with Crippen molar-refractivity contribution in [3.8, 4) is 5.88 Å². The van der Waals surface area contributed by atoms with E-state index in [0.717, 1.165) is 20.3 Å². The minimum absolute atomic E-state index is 0.118. The number of aromatic nitrogens is 3. The van der Waals surface area contributed by atoms with Crippen LogP contribution in [0.4, 0.5) is 13.2 Å². The van der Waals surface area contributed by atoms with Gasteiger partial charge in [0.15, 0.2) is 4.47 Å². The number of halogens is 5. The second-order valence-electron chi connectivity index (χ2n) is 4.70. The van der Waals surface area contributed by atoms with Crippen molar-refractivity contribution < 1.29 is 27.5 Å². The van der Waals surface area contributed by atoms with E-state index in [-0.39, 0.29) is 16.7 Å². The van der Waals surface area contributed by atoms with Crippen molar-refractivity contribution in [1.29, 1.82) is 0 Å². The highest BCUT2D eigenvalue weighted by atomic mass is 127. The van der Waals surface area contributed by atoms with Crippen molar-refractivity contribution in [2.75, 3.05) is 0 Å². The smallest absolute Gasteiger partial charge is 0.458 e. The summed E-state index contributed by atoms with van der Waals surface area (Å²) in [6, 6.07) is 3.15. The van der Waals surface area contributed by atoms with Crippen LogP contribution in [0.15, 0.2) is 24.5 Å². The molecule has 3 aromatic rings. The summed E-state index contributed by atoms with van der Waals surface area (Å²) in [6.45, 7) is -0.118. The fourth-order valence-electron chi connectivity index (χ4n) is 2.25. The second-order valence-corrected chi connectivity index (χ2v) is 7.56. The molecule has 0 aromatic carbocycles. The summed E-state index contributed by atoms with van der Waals surface area (Å²) in [6.07, 6.45) is -2.43. The fourth-order valence-corrected chi connectivity index (χ4v) is 3.98. The molecule has 0 N–H and O–H groups in total. The molecule has 0 saturated carbocycles. The van der Waals surface area contributed by atoms with Crippen molar-refractivity contribution in [2.45, 2.75) is 12.7 Å². The number of Topliss-reactive ketones (excluding diaryl/α,β-unsaturated/α-hetero) is 1. The molecule has 0 radical (unpaired) electrons. The minimum atomic E-state index is -5.15. The van der Waals surface area contributed by atoms with Crippen molar-refractivity contribution in [2.24, 2.45) is 0 Å². The first-order valence-electron chi connectivity index (χ1n) is 6.31. The monoisotopic (exact) mass is 487 g/mol. The normalized spacial score (nSPS) is 12.0. The van der Waals surface area contributed by atoms with Crippen molar-refractivity contribution in [1.82, 2.24) is 9.55 Å². The molecule has 0 aliphatic rings. The topological polar surface area (TPSA) is 62.0 Å². The lowest BCUT2D eigenvalue weighted by atomic mass is 10.2. The van der Waals surface area contributed by atoms with Gasteiger partial charge >= 0.3 is 12.0 Å². The molecule has 3 rings (SSSR count). The van der Waals surface area contributed by atoms with Gasteiger partial charge in [0.1, 0.15) is 16.0 Å². The Morgan fingerprint density at radius 1 is 1.50 bits per heavy atom. The highest BCUT2D eigenvalue weighted by Crippen LogP contribution is 2.29. The standard InChI is InChI=1S/C13H6ClF3IN3O2S/c14-12-19-4-6(24-12)5-21-8(9(22)13(15,16)17)11(23)20-3-1-2-7(18)10(20)21/h1-4H,5H2. The lowest BCUT2D eigenvalue weighted by Gasteiger charge is -2.07. The van der Waals surface area contributed by atoms with Crippen LogP contribution in [0, 0.1) is 3.57 Å². The average Bonchev–Trinajstić information content (AvgIpc) is 3.01. The van der Waals surface area contributed by atoms with Crippen molar-refractivity contribution in [3.63, 3.8) is 0 Å². The number of thiazole rings is 1. The number of hydrogen-bond acceptors (Lipinski definition) is 4. The number of nitrogens with zero attached hydrogens (tertiary/aromatic N) is 3. The lowest BCUT2D eigenvalue weighted by molar-refractivity contribution is -0.583. The van der Waals surface area contributed by atoms with E-state index in [1.807, 2.05) is 22.6 Å². The van der Waals surface area contributed by atoms with E-state index in [1.54, 1.807) is 6.07 Å². The maximum atomic E-state index is 12.9. The highest BCUT2D eigenvalue weighted by Gasteiger charge is 2.45. The van der Waals surface area contributed by atoms with Crippen molar-refractivity contribution in [3.05, 3.63) is 43.1 Å². The van der Waals surface area contributed by atoms with Gasteiger partial charge in [-0.15, -0.1) is 11.3 Å². The molecule has 0 spiro atoms. The Morgan fingerprint density at radius 2 is 2.21 bits per heavy atom. The SMILES string of the molecule is O=C(c1c([O-])[n+]2cccc(I)c2n1Cc1cnc(Cl)s1)C(F)(F)F. The summed E-state index contributed by atoms with van der Waals surface area (Å²) in [5.41, 5.74) is -0.726. The summed E-state index contributed by atoms with van der Waals surface area (Å²) in [5, 5.41) is 12.4. The lowest BCUT2D eigenvalue weighted by Crippen LogP contribution is -2.28. The molecule has 126 valence electrons. The third kappa shape index (κ3) is 2.97. The van der Waals surface area contributed by atoms with Crippen LogP contribution in [0.25, 0.3) is 5.65 Å². The minimum Gasteiger partial charge on any atom is -0.839 e. The van der Waals surface area contributed by atoms with Crippen LogP contribution in [-0.2, 0) is 6.54 Å². The molecule has 0 atom stereocenters. The second kappa shape index (κ2) is 6.15. The van der Waals surface area contributed by atoms with Crippen LogP contribution in [0.3, 0.4) is 0 Å². The Kier molecular flexibility index (Phi) is 4.47. The molecular weight excluding hydrogens is 482 g/mol. The van der Waals surface area contributed by atoms with E-state index in [0.29, 0.717) is 8.45 Å². The third-order valence-electron chi connectivity index (χ3n) is 3.18. The molecule has 0 amide bonds. The van der Waals surface area contributed by atoms with Gasteiger partial charge in [-0.3, -0.25) is 4.79 Å². The summed E-state index contributed by atoms with van der Waals surface area (Å²) in [4.78, 5) is 16.1. The zero-order valence-electron chi connectivity index (χ0n) is 11.5. The van der Waals surface area contributed by atoms with Gasteiger partial charge in [-0.05, 0) is 34.7 Å². The fraction of sp³-hybridized carbons (Fsp3) is 0.154. The Morgan fingerprint density at radius 3 is 2.79 bits per heavy atom. The molecule has 0 aliphatic heterocycles. The number of imidazole rings is 1. The summed E-state index contributed by atoms with van der Waals surface area (Å²) in [7, 11) is 0. The van der Waals surface area contributed by atoms with Crippen molar-refractivity contribution >= 4 is 57.0 Å². The van der Waals surface area contributed by atoms with Crippen LogP contribution in [0.1, 0.15) is 15.4 Å². The molecule has 0 fully saturated rings. The Labute approximate surface area is 155 Å². The molecule has 0 aliphatic carbocycles. The zero-order valence-corrected chi connectivity index (χ0v) is 15.2. The average molecular weight is 488 g/mol. The van der Waals surface area contributed by atoms with Gasteiger partial charge in [0.25, 0.3) is 5.65 Å². The quantitative estimate of drug-likeness (QED) is 0.324. The molecule has 5 nitrogen and oxygen atoms in total. The third-order valence-corrected chi connectivity index (χ3v) is 5.12. The zero-order chi connectivity index (χ0) is 17.6. The van der Waals surface area contributed by atoms with Gasteiger partial charge in [-0.2, -0.15) is 13.2 Å². The molecule has 24 heavy (non-hydrogen) atoms. The number of fused-ring (bicyclic) bond motifs is 1. The van der Waals surface area contributed by atoms with Gasteiger partial charge in [0.05, 0.1) is 11.1 Å². The van der Waals surface area contributed by atoms with Crippen LogP contribution in [-0.4, -0.2) is 21.5 Å².